The number of hydrogen-bond donors (Lipinski definition) is 0. The second-order valence-electron chi connectivity index (χ2n) is 6.69. The Morgan fingerprint density at radius 1 is 1.09 bits per heavy atom. The molecule has 0 atom stereocenters. The van der Waals surface area contributed by atoms with Crippen LogP contribution in [0.2, 0.25) is 0 Å². The maximum Gasteiger partial charge on any atom is 0.498 e. The van der Waals surface area contributed by atoms with Gasteiger partial charge in [0.15, 0.2) is 0 Å². The summed E-state index contributed by atoms with van der Waals surface area (Å²) in [4.78, 5) is 0. The summed E-state index contributed by atoms with van der Waals surface area (Å²) in [6.45, 7) is 8.68. The molecule has 0 aliphatic carbocycles. The van der Waals surface area contributed by atoms with Gasteiger partial charge in [-0.05, 0) is 45.4 Å². The highest BCUT2D eigenvalue weighted by Gasteiger charge is 2.52. The van der Waals surface area contributed by atoms with Crippen molar-refractivity contribution in [2.45, 2.75) is 45.4 Å². The Morgan fingerprint density at radius 2 is 1.68 bits per heavy atom. The molecule has 1 aliphatic heterocycles. The first-order chi connectivity index (χ1) is 10.3. The third-order valence-corrected chi connectivity index (χ3v) is 4.44. The number of benzene rings is 1. The average Bonchev–Trinajstić information content (AvgIpc) is 2.96. The van der Waals surface area contributed by atoms with E-state index < -0.39 is 7.12 Å². The molecule has 3 rings (SSSR count). The van der Waals surface area contributed by atoms with Crippen LogP contribution in [0.1, 0.15) is 33.3 Å². The maximum atomic E-state index is 12.9. The zero-order valence-corrected chi connectivity index (χ0v) is 13.3. The molecule has 1 fully saturated rings. The number of aromatic nitrogens is 2. The topological polar surface area (TPSA) is 36.3 Å². The molecule has 0 unspecified atom stereocenters. The molecule has 2 heterocycles. The van der Waals surface area contributed by atoms with Crippen molar-refractivity contribution < 1.29 is 13.7 Å². The molecule has 0 amide bonds. The number of hydrogen-bond acceptors (Lipinski definition) is 3. The van der Waals surface area contributed by atoms with E-state index in [0.717, 1.165) is 11.0 Å². The van der Waals surface area contributed by atoms with Crippen LogP contribution in [-0.2, 0) is 15.9 Å². The van der Waals surface area contributed by atoms with Gasteiger partial charge in [0.25, 0.3) is 0 Å². The Bertz CT molecular complexity index is 651. The number of rotatable bonds is 3. The Kier molecular flexibility index (Phi) is 3.61. The largest absolute Gasteiger partial charge is 0.498 e. The van der Waals surface area contributed by atoms with Crippen LogP contribution in [0, 0.1) is 5.82 Å². The Morgan fingerprint density at radius 3 is 2.27 bits per heavy atom. The van der Waals surface area contributed by atoms with Gasteiger partial charge in [0.2, 0.25) is 0 Å². The smallest absolute Gasteiger partial charge is 0.399 e. The highest BCUT2D eigenvalue weighted by atomic mass is 19.1. The van der Waals surface area contributed by atoms with Gasteiger partial charge in [0.1, 0.15) is 5.82 Å². The van der Waals surface area contributed by atoms with E-state index in [4.69, 9.17) is 9.31 Å². The van der Waals surface area contributed by atoms with E-state index in [1.807, 2.05) is 33.9 Å². The van der Waals surface area contributed by atoms with Crippen LogP contribution in [0.15, 0.2) is 36.7 Å². The summed E-state index contributed by atoms with van der Waals surface area (Å²) in [5, 5.41) is 4.34. The second-order valence-corrected chi connectivity index (χ2v) is 6.69. The van der Waals surface area contributed by atoms with Crippen LogP contribution in [0.5, 0.6) is 0 Å². The van der Waals surface area contributed by atoms with E-state index in [9.17, 15) is 4.39 Å². The monoisotopic (exact) mass is 302 g/mol. The molecular weight excluding hydrogens is 282 g/mol. The predicted molar refractivity (Wildman–Crippen MR) is 83.4 cm³/mol. The molecule has 4 nitrogen and oxygen atoms in total. The average molecular weight is 302 g/mol. The van der Waals surface area contributed by atoms with Gasteiger partial charge >= 0.3 is 7.12 Å². The Labute approximate surface area is 130 Å². The SMILES string of the molecule is CC1(C)OB(c2cnn(Cc3ccc(F)cc3)c2)OC1(C)C. The lowest BCUT2D eigenvalue weighted by Crippen LogP contribution is -2.41. The third kappa shape index (κ3) is 2.81. The third-order valence-electron chi connectivity index (χ3n) is 4.44. The zero-order chi connectivity index (χ0) is 16.0. The van der Waals surface area contributed by atoms with Crippen molar-refractivity contribution in [1.82, 2.24) is 9.78 Å². The molecule has 1 saturated heterocycles. The van der Waals surface area contributed by atoms with Gasteiger partial charge in [0.05, 0.1) is 17.7 Å². The molecular formula is C16H20BFN2O2. The summed E-state index contributed by atoms with van der Waals surface area (Å²) >= 11 is 0. The van der Waals surface area contributed by atoms with Crippen molar-refractivity contribution in [2.24, 2.45) is 0 Å². The van der Waals surface area contributed by atoms with Gasteiger partial charge in [-0.2, -0.15) is 5.10 Å². The van der Waals surface area contributed by atoms with E-state index in [2.05, 4.69) is 5.10 Å². The summed E-state index contributed by atoms with van der Waals surface area (Å²) in [7, 11) is -0.410. The van der Waals surface area contributed by atoms with Crippen LogP contribution < -0.4 is 5.46 Å². The van der Waals surface area contributed by atoms with Crippen LogP contribution in [0.4, 0.5) is 4.39 Å². The molecule has 116 valence electrons. The minimum absolute atomic E-state index is 0.234. The molecule has 1 aromatic heterocycles. The van der Waals surface area contributed by atoms with Gasteiger partial charge in [-0.25, -0.2) is 4.39 Å². The molecule has 22 heavy (non-hydrogen) atoms. The Balaban J connectivity index is 1.73. The zero-order valence-electron chi connectivity index (χ0n) is 13.3. The van der Waals surface area contributed by atoms with Crippen molar-refractivity contribution in [2.75, 3.05) is 0 Å². The molecule has 2 aromatic rings. The summed E-state index contributed by atoms with van der Waals surface area (Å²) in [6, 6.07) is 6.42. The molecule has 0 bridgehead atoms. The second kappa shape index (κ2) is 5.21. The minimum atomic E-state index is -0.410. The summed E-state index contributed by atoms with van der Waals surface area (Å²) in [5.74, 6) is -0.234. The van der Waals surface area contributed by atoms with Crippen LogP contribution in [-0.4, -0.2) is 28.1 Å². The summed E-state index contributed by atoms with van der Waals surface area (Å²) in [6.07, 6.45) is 3.66. The number of halogens is 1. The van der Waals surface area contributed by atoms with Crippen LogP contribution in [0.3, 0.4) is 0 Å². The molecule has 0 N–H and O–H groups in total. The van der Waals surface area contributed by atoms with E-state index in [1.165, 1.54) is 12.1 Å². The fourth-order valence-electron chi connectivity index (χ4n) is 2.34. The van der Waals surface area contributed by atoms with Gasteiger partial charge < -0.3 is 9.31 Å². The highest BCUT2D eigenvalue weighted by molar-refractivity contribution is 6.61. The lowest BCUT2D eigenvalue weighted by atomic mass is 9.82. The maximum absolute atomic E-state index is 12.9. The predicted octanol–water partition coefficient (Wildman–Crippen LogP) is 2.37. The lowest BCUT2D eigenvalue weighted by Gasteiger charge is -2.32. The Hall–Kier alpha value is -1.66. The highest BCUT2D eigenvalue weighted by Crippen LogP contribution is 2.36. The van der Waals surface area contributed by atoms with E-state index in [1.54, 1.807) is 23.0 Å². The molecule has 1 aliphatic rings. The van der Waals surface area contributed by atoms with Gasteiger partial charge in [-0.1, -0.05) is 12.1 Å². The van der Waals surface area contributed by atoms with Gasteiger partial charge in [-0.3, -0.25) is 4.68 Å². The molecule has 0 radical (unpaired) electrons. The fourth-order valence-corrected chi connectivity index (χ4v) is 2.34. The van der Waals surface area contributed by atoms with E-state index in [0.29, 0.717) is 6.54 Å². The van der Waals surface area contributed by atoms with Crippen molar-refractivity contribution in [3.63, 3.8) is 0 Å². The first kappa shape index (κ1) is 15.2. The number of nitrogens with zero attached hydrogens (tertiary/aromatic N) is 2. The van der Waals surface area contributed by atoms with Crippen LogP contribution in [0.25, 0.3) is 0 Å². The first-order valence-electron chi connectivity index (χ1n) is 7.39. The van der Waals surface area contributed by atoms with E-state index >= 15 is 0 Å². The van der Waals surface area contributed by atoms with Gasteiger partial charge in [-0.15, -0.1) is 0 Å². The lowest BCUT2D eigenvalue weighted by molar-refractivity contribution is 0.00578. The molecule has 6 heteroatoms. The minimum Gasteiger partial charge on any atom is -0.399 e. The first-order valence-corrected chi connectivity index (χ1v) is 7.39. The van der Waals surface area contributed by atoms with E-state index in [-0.39, 0.29) is 17.0 Å². The standard InChI is InChI=1S/C16H20BFN2O2/c1-15(2)16(3,4)22-17(21-15)13-9-19-20(11-13)10-12-5-7-14(18)8-6-12/h5-9,11H,10H2,1-4H3. The van der Waals surface area contributed by atoms with Crippen molar-refractivity contribution in [3.05, 3.63) is 48.0 Å². The fraction of sp³-hybridized carbons (Fsp3) is 0.438. The van der Waals surface area contributed by atoms with Gasteiger partial charge in [0, 0.05) is 17.9 Å². The molecule has 0 saturated carbocycles. The van der Waals surface area contributed by atoms with Crippen molar-refractivity contribution in [1.29, 1.82) is 0 Å². The van der Waals surface area contributed by atoms with Crippen molar-refractivity contribution >= 4 is 12.6 Å². The quantitative estimate of drug-likeness (QED) is 0.817. The molecule has 1 aromatic carbocycles. The summed E-state index contributed by atoms with van der Waals surface area (Å²) in [5.41, 5.74) is 1.15. The normalized spacial score (nSPS) is 19.6. The van der Waals surface area contributed by atoms with Crippen LogP contribution >= 0.6 is 0 Å². The van der Waals surface area contributed by atoms with Crippen molar-refractivity contribution in [3.8, 4) is 0 Å². The summed E-state index contributed by atoms with van der Waals surface area (Å²) < 4.78 is 26.7. The molecule has 0 spiro atoms.